The molecule has 2 N–H and O–H groups in total. The third-order valence-electron chi connectivity index (χ3n) is 2.49. The molecule has 0 aliphatic heterocycles. The van der Waals surface area contributed by atoms with Gasteiger partial charge in [-0.05, 0) is 31.0 Å². The highest BCUT2D eigenvalue weighted by Gasteiger charge is 2.36. The van der Waals surface area contributed by atoms with Gasteiger partial charge in [-0.25, -0.2) is 0 Å². The fraction of sp³-hybridized carbons (Fsp3) is 0.900. The van der Waals surface area contributed by atoms with Crippen LogP contribution in [0.25, 0.3) is 0 Å². The molecule has 4 heteroatoms. The zero-order chi connectivity index (χ0) is 10.4. The molecule has 0 amide bonds. The van der Waals surface area contributed by atoms with Crippen molar-refractivity contribution in [2.75, 3.05) is 20.3 Å². The lowest BCUT2D eigenvalue weighted by atomic mass is 10.2. The molecule has 1 aliphatic carbocycles. The third kappa shape index (κ3) is 4.24. The Morgan fingerprint density at radius 2 is 2.36 bits per heavy atom. The van der Waals surface area contributed by atoms with E-state index in [-0.39, 0.29) is 0 Å². The number of hydrogen-bond donors (Lipinski definition) is 2. The van der Waals surface area contributed by atoms with E-state index >= 15 is 0 Å². The lowest BCUT2D eigenvalue weighted by Gasteiger charge is -2.09. The average Bonchev–Trinajstić information content (AvgIpc) is 2.85. The maximum atomic E-state index is 5.14. The maximum Gasteiger partial charge on any atom is 0.166 e. The molecule has 3 nitrogen and oxygen atoms in total. The van der Waals surface area contributed by atoms with Gasteiger partial charge in [-0.15, -0.1) is 0 Å². The second kappa shape index (κ2) is 6.19. The zero-order valence-corrected chi connectivity index (χ0v) is 9.82. The van der Waals surface area contributed by atoms with Crippen LogP contribution < -0.4 is 10.6 Å². The predicted molar refractivity (Wildman–Crippen MR) is 62.4 cm³/mol. The van der Waals surface area contributed by atoms with Crippen molar-refractivity contribution in [3.8, 4) is 0 Å². The summed E-state index contributed by atoms with van der Waals surface area (Å²) in [5.41, 5.74) is 0. The Balaban J connectivity index is 1.99. The van der Waals surface area contributed by atoms with E-state index < -0.39 is 0 Å². The Bertz CT molecular complexity index is 187. The third-order valence-corrected chi connectivity index (χ3v) is 2.75. The highest BCUT2D eigenvalue weighted by molar-refractivity contribution is 7.80. The smallest absolute Gasteiger partial charge is 0.166 e. The van der Waals surface area contributed by atoms with Crippen molar-refractivity contribution in [3.05, 3.63) is 0 Å². The van der Waals surface area contributed by atoms with Gasteiger partial charge in [-0.1, -0.05) is 13.3 Å². The first-order valence-electron chi connectivity index (χ1n) is 5.31. The minimum Gasteiger partial charge on any atom is -0.383 e. The van der Waals surface area contributed by atoms with E-state index in [0.717, 1.165) is 17.6 Å². The normalized spacial score (nSPS) is 24.4. The van der Waals surface area contributed by atoms with E-state index in [1.807, 2.05) is 0 Å². The summed E-state index contributed by atoms with van der Waals surface area (Å²) in [4.78, 5) is 0. The molecular weight excluding hydrogens is 196 g/mol. The fourth-order valence-corrected chi connectivity index (χ4v) is 1.85. The van der Waals surface area contributed by atoms with Gasteiger partial charge in [0.15, 0.2) is 5.11 Å². The molecule has 0 aromatic heterocycles. The average molecular weight is 216 g/mol. The SMILES string of the molecule is CCCC1CC1NC(=S)NCCOC. The van der Waals surface area contributed by atoms with Crippen molar-refractivity contribution in [3.63, 3.8) is 0 Å². The van der Waals surface area contributed by atoms with Crippen LogP contribution in [0.5, 0.6) is 0 Å². The fourth-order valence-electron chi connectivity index (χ4n) is 1.60. The Morgan fingerprint density at radius 3 is 3.00 bits per heavy atom. The molecule has 1 saturated carbocycles. The Kier molecular flexibility index (Phi) is 5.19. The van der Waals surface area contributed by atoms with E-state index in [0.29, 0.717) is 12.6 Å². The second-order valence-electron chi connectivity index (χ2n) is 3.78. The van der Waals surface area contributed by atoms with Crippen LogP contribution in [0.3, 0.4) is 0 Å². The van der Waals surface area contributed by atoms with Crippen LogP contribution in [0.4, 0.5) is 0 Å². The molecule has 82 valence electrons. The van der Waals surface area contributed by atoms with Crippen LogP contribution in [0.1, 0.15) is 26.2 Å². The lowest BCUT2D eigenvalue weighted by Crippen LogP contribution is -2.38. The summed E-state index contributed by atoms with van der Waals surface area (Å²) < 4.78 is 4.92. The van der Waals surface area contributed by atoms with Crippen molar-refractivity contribution in [2.24, 2.45) is 5.92 Å². The first-order valence-corrected chi connectivity index (χ1v) is 5.72. The van der Waals surface area contributed by atoms with Crippen LogP contribution >= 0.6 is 12.2 Å². The largest absolute Gasteiger partial charge is 0.383 e. The summed E-state index contributed by atoms with van der Waals surface area (Å²) >= 11 is 5.14. The number of ether oxygens (including phenoxy) is 1. The molecule has 1 aliphatic rings. The summed E-state index contributed by atoms with van der Waals surface area (Å²) in [6, 6.07) is 0.623. The standard InChI is InChI=1S/C10H20N2OS/c1-3-4-8-7-9(8)12-10(14)11-5-6-13-2/h8-9H,3-7H2,1-2H3,(H2,11,12,14). The highest BCUT2D eigenvalue weighted by Crippen LogP contribution is 2.34. The molecule has 0 aromatic rings. The van der Waals surface area contributed by atoms with E-state index in [9.17, 15) is 0 Å². The van der Waals surface area contributed by atoms with Crippen LogP contribution in [-0.4, -0.2) is 31.4 Å². The number of hydrogen-bond acceptors (Lipinski definition) is 2. The quantitative estimate of drug-likeness (QED) is 0.518. The molecule has 1 rings (SSSR count). The van der Waals surface area contributed by atoms with E-state index in [1.54, 1.807) is 7.11 Å². The van der Waals surface area contributed by atoms with Crippen LogP contribution in [-0.2, 0) is 4.74 Å². The molecule has 2 unspecified atom stereocenters. The monoisotopic (exact) mass is 216 g/mol. The molecule has 0 saturated heterocycles. The predicted octanol–water partition coefficient (Wildman–Crippen LogP) is 1.29. The number of thiocarbonyl (C=S) groups is 1. The van der Waals surface area contributed by atoms with E-state index in [1.165, 1.54) is 19.3 Å². The van der Waals surface area contributed by atoms with Gasteiger partial charge in [-0.2, -0.15) is 0 Å². The number of nitrogens with one attached hydrogen (secondary N) is 2. The van der Waals surface area contributed by atoms with Gasteiger partial charge in [0.25, 0.3) is 0 Å². The maximum absolute atomic E-state index is 5.14. The van der Waals surface area contributed by atoms with Crippen molar-refractivity contribution >= 4 is 17.3 Å². The van der Waals surface area contributed by atoms with Gasteiger partial charge < -0.3 is 15.4 Å². The van der Waals surface area contributed by atoms with Gasteiger partial charge in [0, 0.05) is 19.7 Å². The molecule has 0 aromatic carbocycles. The minimum absolute atomic E-state index is 0.623. The van der Waals surface area contributed by atoms with Crippen molar-refractivity contribution in [2.45, 2.75) is 32.2 Å². The van der Waals surface area contributed by atoms with Crippen molar-refractivity contribution in [1.82, 2.24) is 10.6 Å². The second-order valence-corrected chi connectivity index (χ2v) is 4.19. The molecular formula is C10H20N2OS. The van der Waals surface area contributed by atoms with Gasteiger partial charge >= 0.3 is 0 Å². The Labute approximate surface area is 91.6 Å². The molecule has 0 bridgehead atoms. The van der Waals surface area contributed by atoms with Crippen molar-refractivity contribution < 1.29 is 4.74 Å². The first-order chi connectivity index (χ1) is 6.77. The molecule has 0 spiro atoms. The Hall–Kier alpha value is -0.350. The summed E-state index contributed by atoms with van der Waals surface area (Å²) in [6.07, 6.45) is 3.87. The summed E-state index contributed by atoms with van der Waals surface area (Å²) in [6.45, 7) is 3.71. The minimum atomic E-state index is 0.623. The zero-order valence-electron chi connectivity index (χ0n) is 9.01. The molecule has 0 heterocycles. The molecule has 14 heavy (non-hydrogen) atoms. The highest BCUT2D eigenvalue weighted by atomic mass is 32.1. The van der Waals surface area contributed by atoms with Crippen LogP contribution in [0.15, 0.2) is 0 Å². The lowest BCUT2D eigenvalue weighted by molar-refractivity contribution is 0.204. The van der Waals surface area contributed by atoms with E-state index in [4.69, 9.17) is 17.0 Å². The summed E-state index contributed by atoms with van der Waals surface area (Å²) in [7, 11) is 1.69. The van der Waals surface area contributed by atoms with Gasteiger partial charge in [0.1, 0.15) is 0 Å². The first kappa shape index (κ1) is 11.7. The van der Waals surface area contributed by atoms with Crippen molar-refractivity contribution in [1.29, 1.82) is 0 Å². The Morgan fingerprint density at radius 1 is 1.57 bits per heavy atom. The van der Waals surface area contributed by atoms with Crippen LogP contribution in [0, 0.1) is 5.92 Å². The molecule has 1 fully saturated rings. The van der Waals surface area contributed by atoms with Gasteiger partial charge in [0.05, 0.1) is 6.61 Å². The van der Waals surface area contributed by atoms with Gasteiger partial charge in [-0.3, -0.25) is 0 Å². The topological polar surface area (TPSA) is 33.3 Å². The molecule has 0 radical (unpaired) electrons. The van der Waals surface area contributed by atoms with E-state index in [2.05, 4.69) is 17.6 Å². The number of rotatable bonds is 6. The van der Waals surface area contributed by atoms with Crippen LogP contribution in [0.2, 0.25) is 0 Å². The van der Waals surface area contributed by atoms with Gasteiger partial charge in [0.2, 0.25) is 0 Å². The molecule has 2 atom stereocenters. The summed E-state index contributed by atoms with van der Waals surface area (Å²) in [5.74, 6) is 0.849. The summed E-state index contributed by atoms with van der Waals surface area (Å²) in [5, 5.41) is 7.19. The number of methoxy groups -OCH3 is 1.